The molecule has 15 heavy (non-hydrogen) atoms. The zero-order chi connectivity index (χ0) is 10.8. The molecule has 1 atom stereocenters. The number of benzene rings is 1. The van der Waals surface area contributed by atoms with Crippen LogP contribution in [-0.2, 0) is 0 Å². The number of nitrogen functional groups attached to an aromatic ring is 1. The number of carbonyl (C=O) groups is 1. The topological polar surface area (TPSA) is 46.3 Å². The smallest absolute Gasteiger partial charge is 0.182 e. The molecule has 0 bridgehead atoms. The number of hydrogen-bond donors (Lipinski definition) is 1. The molecule has 80 valence electrons. The number of nitrogens with two attached hydrogens (primary N) is 1. The Kier molecular flexibility index (Phi) is 2.73. The Morgan fingerprint density at radius 2 is 2.20 bits per heavy atom. The average Bonchev–Trinajstić information content (AvgIpc) is 2.64. The molecule has 1 saturated heterocycles. The van der Waals surface area contributed by atoms with E-state index in [0.29, 0.717) is 11.3 Å². The molecule has 0 radical (unpaired) electrons. The Morgan fingerprint density at radius 3 is 2.80 bits per heavy atom. The molecule has 1 aliphatic heterocycles. The molecule has 1 aromatic carbocycles. The van der Waals surface area contributed by atoms with E-state index in [-0.39, 0.29) is 11.8 Å². The van der Waals surface area contributed by atoms with E-state index in [2.05, 4.69) is 4.90 Å². The van der Waals surface area contributed by atoms with Crippen molar-refractivity contribution in [3.05, 3.63) is 29.8 Å². The minimum Gasteiger partial charge on any atom is -0.398 e. The van der Waals surface area contributed by atoms with Crippen LogP contribution in [-0.4, -0.2) is 30.3 Å². The van der Waals surface area contributed by atoms with Crippen LogP contribution >= 0.6 is 0 Å². The van der Waals surface area contributed by atoms with Crippen molar-refractivity contribution < 1.29 is 4.79 Å². The fraction of sp³-hybridized carbons (Fsp3) is 0.417. The number of hydrogen-bond acceptors (Lipinski definition) is 3. The van der Waals surface area contributed by atoms with Crippen molar-refractivity contribution in [2.24, 2.45) is 0 Å². The molecule has 1 aromatic rings. The summed E-state index contributed by atoms with van der Waals surface area (Å²) in [5, 5.41) is 0. The summed E-state index contributed by atoms with van der Waals surface area (Å²) in [6, 6.07) is 7.32. The average molecular weight is 204 g/mol. The molecule has 0 amide bonds. The highest BCUT2D eigenvalue weighted by atomic mass is 16.1. The van der Waals surface area contributed by atoms with E-state index in [4.69, 9.17) is 5.73 Å². The molecule has 0 aliphatic carbocycles. The van der Waals surface area contributed by atoms with E-state index in [1.807, 2.05) is 25.2 Å². The van der Waals surface area contributed by atoms with Gasteiger partial charge in [0.25, 0.3) is 0 Å². The van der Waals surface area contributed by atoms with E-state index in [1.165, 1.54) is 0 Å². The second-order valence-corrected chi connectivity index (χ2v) is 4.09. The van der Waals surface area contributed by atoms with Gasteiger partial charge in [-0.1, -0.05) is 12.1 Å². The number of Topliss-reactive ketones (excluding diaryl/α,β-unsaturated/α-hetero) is 1. The van der Waals surface area contributed by atoms with Crippen molar-refractivity contribution in [1.29, 1.82) is 0 Å². The van der Waals surface area contributed by atoms with Gasteiger partial charge in [0.2, 0.25) is 0 Å². The van der Waals surface area contributed by atoms with Crippen molar-refractivity contribution in [3.8, 4) is 0 Å². The highest BCUT2D eigenvalue weighted by Gasteiger charge is 2.29. The number of para-hydroxylation sites is 1. The van der Waals surface area contributed by atoms with Gasteiger partial charge in [0, 0.05) is 11.3 Å². The first-order chi connectivity index (χ1) is 7.20. The van der Waals surface area contributed by atoms with Gasteiger partial charge in [-0.15, -0.1) is 0 Å². The lowest BCUT2D eigenvalue weighted by Gasteiger charge is -2.18. The van der Waals surface area contributed by atoms with Crippen LogP contribution in [0.2, 0.25) is 0 Å². The molecule has 1 heterocycles. The van der Waals surface area contributed by atoms with Gasteiger partial charge in [-0.05, 0) is 38.6 Å². The fourth-order valence-electron chi connectivity index (χ4n) is 2.14. The standard InChI is InChI=1S/C12H16N2O/c1-14-8-4-7-11(14)12(15)9-5-2-3-6-10(9)13/h2-3,5-6,11H,4,7-8,13H2,1H3. The lowest BCUT2D eigenvalue weighted by molar-refractivity contribution is 0.0891. The Morgan fingerprint density at radius 1 is 1.47 bits per heavy atom. The summed E-state index contributed by atoms with van der Waals surface area (Å²) < 4.78 is 0. The first-order valence-corrected chi connectivity index (χ1v) is 5.29. The molecule has 0 saturated carbocycles. The van der Waals surface area contributed by atoms with Gasteiger partial charge in [-0.25, -0.2) is 0 Å². The largest absolute Gasteiger partial charge is 0.398 e. The quantitative estimate of drug-likeness (QED) is 0.587. The van der Waals surface area contributed by atoms with Crippen LogP contribution < -0.4 is 5.73 Å². The van der Waals surface area contributed by atoms with Gasteiger partial charge in [0.05, 0.1) is 6.04 Å². The van der Waals surface area contributed by atoms with Gasteiger partial charge >= 0.3 is 0 Å². The Labute approximate surface area is 89.9 Å². The zero-order valence-electron chi connectivity index (χ0n) is 8.94. The first-order valence-electron chi connectivity index (χ1n) is 5.29. The van der Waals surface area contributed by atoms with Crippen LogP contribution in [0.5, 0.6) is 0 Å². The number of rotatable bonds is 2. The van der Waals surface area contributed by atoms with Crippen LogP contribution in [0.15, 0.2) is 24.3 Å². The summed E-state index contributed by atoms with van der Waals surface area (Å²) in [7, 11) is 1.99. The van der Waals surface area contributed by atoms with Crippen LogP contribution in [0.1, 0.15) is 23.2 Å². The lowest BCUT2D eigenvalue weighted by atomic mass is 10.0. The Bertz CT molecular complexity index is 376. The molecule has 0 spiro atoms. The molecular weight excluding hydrogens is 188 g/mol. The maximum Gasteiger partial charge on any atom is 0.182 e. The Balaban J connectivity index is 2.24. The van der Waals surface area contributed by atoms with Crippen LogP contribution in [0.3, 0.4) is 0 Å². The molecular formula is C12H16N2O. The molecule has 3 heteroatoms. The van der Waals surface area contributed by atoms with Crippen molar-refractivity contribution in [1.82, 2.24) is 4.90 Å². The first kappa shape index (κ1) is 10.2. The SMILES string of the molecule is CN1CCCC1C(=O)c1ccccc1N. The maximum atomic E-state index is 12.2. The van der Waals surface area contributed by atoms with E-state index in [9.17, 15) is 4.79 Å². The number of ketones is 1. The molecule has 1 fully saturated rings. The van der Waals surface area contributed by atoms with Crippen molar-refractivity contribution in [2.75, 3.05) is 19.3 Å². The van der Waals surface area contributed by atoms with Gasteiger partial charge in [-0.3, -0.25) is 9.69 Å². The second kappa shape index (κ2) is 4.03. The number of nitrogens with zero attached hydrogens (tertiary/aromatic N) is 1. The molecule has 1 unspecified atom stereocenters. The van der Waals surface area contributed by atoms with Crippen molar-refractivity contribution in [3.63, 3.8) is 0 Å². The number of anilines is 1. The summed E-state index contributed by atoms with van der Waals surface area (Å²) >= 11 is 0. The molecule has 0 aromatic heterocycles. The van der Waals surface area contributed by atoms with Crippen LogP contribution in [0, 0.1) is 0 Å². The van der Waals surface area contributed by atoms with Crippen molar-refractivity contribution in [2.45, 2.75) is 18.9 Å². The summed E-state index contributed by atoms with van der Waals surface area (Å²) in [4.78, 5) is 14.3. The van der Waals surface area contributed by atoms with Gasteiger partial charge < -0.3 is 5.73 Å². The minimum absolute atomic E-state index is 0.0229. The predicted molar refractivity (Wildman–Crippen MR) is 60.8 cm³/mol. The molecule has 3 nitrogen and oxygen atoms in total. The third-order valence-electron chi connectivity index (χ3n) is 3.05. The number of carbonyl (C=O) groups excluding carboxylic acids is 1. The molecule has 2 N–H and O–H groups in total. The van der Waals surface area contributed by atoms with Gasteiger partial charge in [0.15, 0.2) is 5.78 Å². The molecule has 1 aliphatic rings. The Hall–Kier alpha value is -1.35. The summed E-state index contributed by atoms with van der Waals surface area (Å²) in [5.41, 5.74) is 7.04. The van der Waals surface area contributed by atoms with E-state index in [1.54, 1.807) is 6.07 Å². The number of likely N-dealkylation sites (tertiary alicyclic amines) is 1. The maximum absolute atomic E-state index is 12.2. The second-order valence-electron chi connectivity index (χ2n) is 4.09. The fourth-order valence-corrected chi connectivity index (χ4v) is 2.14. The highest BCUT2D eigenvalue weighted by molar-refractivity contribution is 6.04. The predicted octanol–water partition coefficient (Wildman–Crippen LogP) is 1.55. The van der Waals surface area contributed by atoms with Gasteiger partial charge in [-0.2, -0.15) is 0 Å². The van der Waals surface area contributed by atoms with Crippen LogP contribution in [0.25, 0.3) is 0 Å². The van der Waals surface area contributed by atoms with Crippen molar-refractivity contribution >= 4 is 11.5 Å². The monoisotopic (exact) mass is 204 g/mol. The lowest BCUT2D eigenvalue weighted by Crippen LogP contribution is -2.33. The third-order valence-corrected chi connectivity index (χ3v) is 3.05. The van der Waals surface area contributed by atoms with E-state index >= 15 is 0 Å². The van der Waals surface area contributed by atoms with E-state index in [0.717, 1.165) is 19.4 Å². The van der Waals surface area contributed by atoms with Crippen LogP contribution in [0.4, 0.5) is 5.69 Å². The summed E-state index contributed by atoms with van der Waals surface area (Å²) in [5.74, 6) is 0.160. The normalized spacial score (nSPS) is 21.8. The molecule has 2 rings (SSSR count). The highest BCUT2D eigenvalue weighted by Crippen LogP contribution is 2.22. The van der Waals surface area contributed by atoms with Gasteiger partial charge in [0.1, 0.15) is 0 Å². The van der Waals surface area contributed by atoms with E-state index < -0.39 is 0 Å². The zero-order valence-corrected chi connectivity index (χ0v) is 8.94. The number of likely N-dealkylation sites (N-methyl/N-ethyl adjacent to an activating group) is 1. The minimum atomic E-state index is 0.0229. The summed E-state index contributed by atoms with van der Waals surface area (Å²) in [6.45, 7) is 1.00. The summed E-state index contributed by atoms with van der Waals surface area (Å²) in [6.07, 6.45) is 2.04. The third kappa shape index (κ3) is 1.88.